The summed E-state index contributed by atoms with van der Waals surface area (Å²) in [4.78, 5) is 13.3. The first-order valence-corrected chi connectivity index (χ1v) is 7.23. The molecule has 0 saturated carbocycles. The maximum atomic E-state index is 11.6. The first-order valence-electron chi connectivity index (χ1n) is 7.23. The third kappa shape index (κ3) is 2.86. The third-order valence-electron chi connectivity index (χ3n) is 4.33. The lowest BCUT2D eigenvalue weighted by Gasteiger charge is -2.32. The molecule has 20 heavy (non-hydrogen) atoms. The predicted octanol–water partition coefficient (Wildman–Crippen LogP) is 2.41. The van der Waals surface area contributed by atoms with Gasteiger partial charge in [-0.15, -0.1) is 0 Å². The summed E-state index contributed by atoms with van der Waals surface area (Å²) < 4.78 is 17.0. The van der Waals surface area contributed by atoms with Crippen LogP contribution in [0.3, 0.4) is 0 Å². The molecule has 0 aliphatic carbocycles. The van der Waals surface area contributed by atoms with Gasteiger partial charge in [-0.05, 0) is 46.5 Å². The van der Waals surface area contributed by atoms with E-state index in [9.17, 15) is 4.79 Å². The first kappa shape index (κ1) is 15.4. The lowest BCUT2D eigenvalue weighted by molar-refractivity contribution is 0.00578. The number of nitrogens with zero attached hydrogens (tertiary/aromatic N) is 1. The van der Waals surface area contributed by atoms with E-state index in [-0.39, 0.29) is 24.4 Å². The Morgan fingerprint density at radius 2 is 1.95 bits per heavy atom. The van der Waals surface area contributed by atoms with Crippen LogP contribution in [0, 0.1) is 0 Å². The minimum atomic E-state index is -0.323. The lowest BCUT2D eigenvalue weighted by Crippen LogP contribution is -2.41. The molecule has 0 bridgehead atoms. The zero-order valence-electron chi connectivity index (χ0n) is 13.1. The van der Waals surface area contributed by atoms with Crippen LogP contribution in [0.1, 0.15) is 41.0 Å². The minimum absolute atomic E-state index is 0.253. The molecular formula is C14H24BNO4. The molecule has 1 saturated heterocycles. The van der Waals surface area contributed by atoms with Crippen molar-refractivity contribution < 1.29 is 18.8 Å². The van der Waals surface area contributed by atoms with Crippen molar-refractivity contribution in [3.05, 3.63) is 11.5 Å². The van der Waals surface area contributed by atoms with Crippen LogP contribution >= 0.6 is 0 Å². The van der Waals surface area contributed by atoms with Crippen LogP contribution in [0.5, 0.6) is 0 Å². The van der Waals surface area contributed by atoms with Crippen LogP contribution < -0.4 is 0 Å². The molecule has 0 aromatic rings. The Morgan fingerprint density at radius 1 is 1.35 bits per heavy atom. The molecule has 2 rings (SSSR count). The summed E-state index contributed by atoms with van der Waals surface area (Å²) in [5, 5.41) is 0. The molecule has 1 fully saturated rings. The minimum Gasteiger partial charge on any atom is -0.450 e. The summed E-state index contributed by atoms with van der Waals surface area (Å²) in [7, 11) is -0.302. The van der Waals surface area contributed by atoms with Crippen LogP contribution in [0.4, 0.5) is 4.79 Å². The van der Waals surface area contributed by atoms with E-state index in [1.54, 1.807) is 4.90 Å². The van der Waals surface area contributed by atoms with Gasteiger partial charge in [0.25, 0.3) is 0 Å². The molecule has 0 radical (unpaired) electrons. The Bertz CT molecular complexity index is 403. The Morgan fingerprint density at radius 3 is 2.40 bits per heavy atom. The number of hydrogen-bond acceptors (Lipinski definition) is 4. The Labute approximate surface area is 121 Å². The second-order valence-electron chi connectivity index (χ2n) is 6.26. The lowest BCUT2D eigenvalue weighted by atomic mass is 9.75. The summed E-state index contributed by atoms with van der Waals surface area (Å²) >= 11 is 0. The predicted molar refractivity (Wildman–Crippen MR) is 77.4 cm³/mol. The van der Waals surface area contributed by atoms with Crippen molar-refractivity contribution in [1.82, 2.24) is 4.90 Å². The van der Waals surface area contributed by atoms with Gasteiger partial charge in [0.05, 0.1) is 17.8 Å². The van der Waals surface area contributed by atoms with E-state index in [4.69, 9.17) is 14.0 Å². The monoisotopic (exact) mass is 281 g/mol. The number of carbonyl (C=O) groups is 1. The summed E-state index contributed by atoms with van der Waals surface area (Å²) in [5.41, 5.74) is 0.470. The molecule has 112 valence electrons. The average Bonchev–Trinajstić information content (AvgIpc) is 2.59. The van der Waals surface area contributed by atoms with E-state index in [0.29, 0.717) is 19.7 Å². The van der Waals surface area contributed by atoms with Gasteiger partial charge in [-0.3, -0.25) is 0 Å². The summed E-state index contributed by atoms with van der Waals surface area (Å²) in [5.74, 6) is 0. The van der Waals surface area contributed by atoms with Gasteiger partial charge in [-0.2, -0.15) is 0 Å². The molecule has 0 atom stereocenters. The highest BCUT2D eigenvalue weighted by Crippen LogP contribution is 2.39. The van der Waals surface area contributed by atoms with Crippen LogP contribution in [-0.2, 0) is 14.0 Å². The van der Waals surface area contributed by atoms with Crippen molar-refractivity contribution in [1.29, 1.82) is 0 Å². The second-order valence-corrected chi connectivity index (χ2v) is 6.26. The van der Waals surface area contributed by atoms with Gasteiger partial charge in [-0.25, -0.2) is 4.79 Å². The fraction of sp³-hybridized carbons (Fsp3) is 0.786. The quantitative estimate of drug-likeness (QED) is 0.729. The van der Waals surface area contributed by atoms with Crippen molar-refractivity contribution in [3.63, 3.8) is 0 Å². The topological polar surface area (TPSA) is 48.0 Å². The molecule has 2 heterocycles. The van der Waals surface area contributed by atoms with Crippen molar-refractivity contribution in [2.45, 2.75) is 52.2 Å². The van der Waals surface area contributed by atoms with Gasteiger partial charge in [-0.1, -0.05) is 6.08 Å². The van der Waals surface area contributed by atoms with Gasteiger partial charge in [0.1, 0.15) is 0 Å². The van der Waals surface area contributed by atoms with Gasteiger partial charge in [0.15, 0.2) is 0 Å². The second kappa shape index (κ2) is 5.41. The average molecular weight is 281 g/mol. The molecule has 2 aliphatic rings. The molecule has 0 spiro atoms. The highest BCUT2D eigenvalue weighted by Gasteiger charge is 2.52. The van der Waals surface area contributed by atoms with E-state index in [2.05, 4.69) is 0 Å². The van der Waals surface area contributed by atoms with Crippen LogP contribution in [0.15, 0.2) is 11.5 Å². The van der Waals surface area contributed by atoms with E-state index in [0.717, 1.165) is 11.9 Å². The van der Waals surface area contributed by atoms with Crippen molar-refractivity contribution in [2.24, 2.45) is 0 Å². The first-order chi connectivity index (χ1) is 9.27. The SMILES string of the molecule is CCOC(=O)N1CC=C(B2OC(C)(C)C(C)(C)O2)CC1. The number of amides is 1. The van der Waals surface area contributed by atoms with Crippen LogP contribution in [0.2, 0.25) is 0 Å². The van der Waals surface area contributed by atoms with Crippen LogP contribution in [-0.4, -0.2) is 49.0 Å². The van der Waals surface area contributed by atoms with Gasteiger partial charge in [0, 0.05) is 13.1 Å². The molecule has 0 N–H and O–H groups in total. The summed E-state index contributed by atoms with van der Waals surface area (Å²) in [6.07, 6.45) is 2.52. The normalized spacial score (nSPS) is 24.6. The Kier molecular flexibility index (Phi) is 4.16. The number of rotatable bonds is 2. The van der Waals surface area contributed by atoms with Crippen molar-refractivity contribution in [3.8, 4) is 0 Å². The van der Waals surface area contributed by atoms with Crippen LogP contribution in [0.25, 0.3) is 0 Å². The largest absolute Gasteiger partial charge is 0.490 e. The van der Waals surface area contributed by atoms with E-state index >= 15 is 0 Å². The fourth-order valence-corrected chi connectivity index (χ4v) is 2.27. The van der Waals surface area contributed by atoms with Gasteiger partial charge < -0.3 is 18.9 Å². The third-order valence-corrected chi connectivity index (χ3v) is 4.33. The highest BCUT2D eigenvalue weighted by atomic mass is 16.7. The maximum Gasteiger partial charge on any atom is 0.490 e. The molecule has 1 amide bonds. The highest BCUT2D eigenvalue weighted by molar-refractivity contribution is 6.54. The number of hydrogen-bond donors (Lipinski definition) is 0. The zero-order chi connectivity index (χ0) is 15.0. The van der Waals surface area contributed by atoms with Crippen molar-refractivity contribution in [2.75, 3.05) is 19.7 Å². The molecule has 5 nitrogen and oxygen atoms in total. The summed E-state index contributed by atoms with van der Waals surface area (Å²) in [6.45, 7) is 11.6. The number of ether oxygens (including phenoxy) is 1. The van der Waals surface area contributed by atoms with Crippen molar-refractivity contribution >= 4 is 13.2 Å². The van der Waals surface area contributed by atoms with Gasteiger partial charge >= 0.3 is 13.2 Å². The Balaban J connectivity index is 1.98. The van der Waals surface area contributed by atoms with E-state index < -0.39 is 0 Å². The smallest absolute Gasteiger partial charge is 0.450 e. The molecular weight excluding hydrogens is 257 g/mol. The molecule has 0 aromatic carbocycles. The molecule has 6 heteroatoms. The standard InChI is InChI=1S/C14H24BNO4/c1-6-18-12(17)16-9-7-11(8-10-16)15-19-13(2,3)14(4,5)20-15/h7H,6,8-10H2,1-5H3. The Hall–Kier alpha value is -1.01. The number of carbonyl (C=O) groups excluding carboxylic acids is 1. The fourth-order valence-electron chi connectivity index (χ4n) is 2.27. The molecule has 0 aromatic heterocycles. The molecule has 2 aliphatic heterocycles. The maximum absolute atomic E-state index is 11.6. The van der Waals surface area contributed by atoms with E-state index in [1.807, 2.05) is 40.7 Å². The zero-order valence-corrected chi connectivity index (χ0v) is 13.1. The van der Waals surface area contributed by atoms with E-state index in [1.165, 1.54) is 0 Å². The summed E-state index contributed by atoms with van der Waals surface area (Å²) in [6, 6.07) is 0. The van der Waals surface area contributed by atoms with Gasteiger partial charge in [0.2, 0.25) is 0 Å². The molecule has 0 unspecified atom stereocenters.